The largest absolute Gasteiger partial charge is 0.467 e. The van der Waals surface area contributed by atoms with Gasteiger partial charge in [0.1, 0.15) is 5.76 Å². The van der Waals surface area contributed by atoms with E-state index in [1.807, 2.05) is 30.5 Å². The first-order chi connectivity index (χ1) is 13.6. The second-order valence-corrected chi connectivity index (χ2v) is 7.70. The maximum absolute atomic E-state index is 5.70. The lowest BCUT2D eigenvalue weighted by Crippen LogP contribution is -2.30. The van der Waals surface area contributed by atoms with E-state index in [-0.39, 0.29) is 12.1 Å². The lowest BCUT2D eigenvalue weighted by molar-refractivity contribution is 0.316. The van der Waals surface area contributed by atoms with Crippen LogP contribution >= 0.6 is 12.2 Å². The van der Waals surface area contributed by atoms with Crippen LogP contribution in [0.4, 0.5) is 0 Å². The number of pyridine rings is 1. The Labute approximate surface area is 171 Å². The molecule has 0 saturated carbocycles. The quantitative estimate of drug-likeness (QED) is 0.623. The molecule has 3 aromatic heterocycles. The third-order valence-corrected chi connectivity index (χ3v) is 5.84. The molecule has 5 nitrogen and oxygen atoms in total. The summed E-state index contributed by atoms with van der Waals surface area (Å²) in [4.78, 5) is 6.93. The molecule has 2 atom stereocenters. The maximum atomic E-state index is 5.70. The number of furan rings is 1. The van der Waals surface area contributed by atoms with E-state index in [4.69, 9.17) is 16.6 Å². The minimum Gasteiger partial charge on any atom is -0.467 e. The molecule has 28 heavy (non-hydrogen) atoms. The highest BCUT2D eigenvalue weighted by Crippen LogP contribution is 2.40. The van der Waals surface area contributed by atoms with E-state index < -0.39 is 0 Å². The van der Waals surface area contributed by atoms with Crippen LogP contribution in [0.1, 0.15) is 53.8 Å². The molecule has 1 aliphatic rings. The van der Waals surface area contributed by atoms with Crippen LogP contribution in [0.25, 0.3) is 0 Å². The van der Waals surface area contributed by atoms with E-state index in [2.05, 4.69) is 52.7 Å². The van der Waals surface area contributed by atoms with Gasteiger partial charge in [0.05, 0.1) is 30.6 Å². The first-order valence-corrected chi connectivity index (χ1v) is 10.2. The first kappa shape index (κ1) is 18.7. The van der Waals surface area contributed by atoms with Gasteiger partial charge in [-0.05, 0) is 68.4 Å². The number of nitrogens with zero attached hydrogens (tertiary/aromatic N) is 3. The molecule has 0 aliphatic carbocycles. The summed E-state index contributed by atoms with van der Waals surface area (Å²) in [6, 6.07) is 12.5. The smallest absolute Gasteiger partial charge is 0.170 e. The van der Waals surface area contributed by atoms with Gasteiger partial charge in [0.25, 0.3) is 0 Å². The van der Waals surface area contributed by atoms with Crippen molar-refractivity contribution in [2.24, 2.45) is 0 Å². The van der Waals surface area contributed by atoms with Crippen LogP contribution < -0.4 is 5.32 Å². The van der Waals surface area contributed by atoms with Crippen LogP contribution in [-0.2, 0) is 6.54 Å². The summed E-state index contributed by atoms with van der Waals surface area (Å²) in [7, 11) is 0. The van der Waals surface area contributed by atoms with Crippen molar-refractivity contribution < 1.29 is 4.42 Å². The van der Waals surface area contributed by atoms with Gasteiger partial charge < -0.3 is 19.2 Å². The normalized spacial score (nSPS) is 19.2. The third kappa shape index (κ3) is 3.33. The zero-order chi connectivity index (χ0) is 19.7. The second kappa shape index (κ2) is 7.80. The van der Waals surface area contributed by atoms with Crippen LogP contribution in [-0.4, -0.2) is 26.1 Å². The maximum Gasteiger partial charge on any atom is 0.170 e. The number of rotatable bonds is 6. The minimum absolute atomic E-state index is 0.0396. The summed E-state index contributed by atoms with van der Waals surface area (Å²) in [5.41, 5.74) is 4.77. The van der Waals surface area contributed by atoms with Crippen molar-refractivity contribution in [2.45, 2.75) is 45.8 Å². The van der Waals surface area contributed by atoms with Crippen LogP contribution in [0.2, 0.25) is 0 Å². The van der Waals surface area contributed by atoms with Crippen molar-refractivity contribution in [3.63, 3.8) is 0 Å². The van der Waals surface area contributed by atoms with E-state index in [1.54, 1.807) is 6.26 Å². The molecule has 1 aliphatic heterocycles. The van der Waals surface area contributed by atoms with Gasteiger partial charge in [-0.1, -0.05) is 13.0 Å². The summed E-state index contributed by atoms with van der Waals surface area (Å²) >= 11 is 5.70. The SMILES string of the molecule is CCCN1C(=S)N[C@H](c2ccccn2)[C@H]1c1cc(C)n(Cc2ccco2)c1C. The zero-order valence-corrected chi connectivity index (χ0v) is 17.4. The predicted octanol–water partition coefficient (Wildman–Crippen LogP) is 4.52. The fraction of sp³-hybridized carbons (Fsp3) is 0.364. The molecule has 1 saturated heterocycles. The molecule has 0 radical (unpaired) electrons. The molecular formula is C22H26N4OS. The molecule has 0 amide bonds. The Morgan fingerprint density at radius 2 is 2.07 bits per heavy atom. The van der Waals surface area contributed by atoms with Gasteiger partial charge in [-0.2, -0.15) is 0 Å². The molecule has 1 N–H and O–H groups in total. The van der Waals surface area contributed by atoms with Crippen molar-refractivity contribution >= 4 is 17.3 Å². The Kier molecular flexibility index (Phi) is 5.22. The average molecular weight is 395 g/mol. The van der Waals surface area contributed by atoms with E-state index in [0.717, 1.165) is 36.1 Å². The molecule has 6 heteroatoms. The van der Waals surface area contributed by atoms with Gasteiger partial charge in [0.2, 0.25) is 0 Å². The molecule has 0 aromatic carbocycles. The van der Waals surface area contributed by atoms with Crippen molar-refractivity contribution in [3.8, 4) is 0 Å². The molecule has 146 valence electrons. The molecule has 0 unspecified atom stereocenters. The monoisotopic (exact) mass is 394 g/mol. The van der Waals surface area contributed by atoms with Crippen molar-refractivity contribution in [1.82, 2.24) is 19.8 Å². The van der Waals surface area contributed by atoms with Gasteiger partial charge in [0.15, 0.2) is 5.11 Å². The number of nitrogens with one attached hydrogen (secondary N) is 1. The highest BCUT2D eigenvalue weighted by Gasteiger charge is 2.40. The van der Waals surface area contributed by atoms with Crippen molar-refractivity contribution in [3.05, 3.63) is 77.3 Å². The highest BCUT2D eigenvalue weighted by molar-refractivity contribution is 7.80. The highest BCUT2D eigenvalue weighted by atomic mass is 32.1. The van der Waals surface area contributed by atoms with E-state index in [1.165, 1.54) is 17.0 Å². The predicted molar refractivity (Wildman–Crippen MR) is 114 cm³/mol. The van der Waals surface area contributed by atoms with Gasteiger partial charge in [-0.15, -0.1) is 0 Å². The van der Waals surface area contributed by atoms with Crippen LogP contribution in [0.5, 0.6) is 0 Å². The topological polar surface area (TPSA) is 46.2 Å². The van der Waals surface area contributed by atoms with Crippen LogP contribution in [0, 0.1) is 13.8 Å². The molecule has 3 aromatic rings. The molecule has 0 bridgehead atoms. The van der Waals surface area contributed by atoms with Gasteiger partial charge in [0, 0.05) is 24.1 Å². The zero-order valence-electron chi connectivity index (χ0n) is 16.6. The number of hydrogen-bond donors (Lipinski definition) is 1. The van der Waals surface area contributed by atoms with Crippen LogP contribution in [0.15, 0.2) is 53.3 Å². The summed E-state index contributed by atoms with van der Waals surface area (Å²) < 4.78 is 7.89. The van der Waals surface area contributed by atoms with Gasteiger partial charge in [-0.25, -0.2) is 0 Å². The van der Waals surface area contributed by atoms with Crippen LogP contribution in [0.3, 0.4) is 0 Å². The molecule has 4 heterocycles. The standard InChI is InChI=1S/C22H26N4OS/c1-4-11-25-21(20(24-22(25)28)19-9-5-6-10-23-19)18-13-15(2)26(16(18)3)14-17-8-7-12-27-17/h5-10,12-13,20-21H,4,11,14H2,1-3H3,(H,24,28)/t20-,21-/m1/s1. The summed E-state index contributed by atoms with van der Waals surface area (Å²) in [6.45, 7) is 8.18. The summed E-state index contributed by atoms with van der Waals surface area (Å²) in [5.74, 6) is 0.958. The molecule has 0 spiro atoms. The van der Waals surface area contributed by atoms with E-state index >= 15 is 0 Å². The fourth-order valence-electron chi connectivity index (χ4n) is 4.15. The van der Waals surface area contributed by atoms with Crippen molar-refractivity contribution in [1.29, 1.82) is 0 Å². The lowest BCUT2D eigenvalue weighted by Gasteiger charge is -2.27. The Morgan fingerprint density at radius 3 is 2.75 bits per heavy atom. The number of aryl methyl sites for hydroxylation is 1. The number of thiocarbonyl (C=S) groups is 1. The summed E-state index contributed by atoms with van der Waals surface area (Å²) in [5, 5.41) is 4.33. The Balaban J connectivity index is 1.76. The summed E-state index contributed by atoms with van der Waals surface area (Å²) in [6.07, 6.45) is 4.61. The Bertz CT molecular complexity index is 949. The van der Waals surface area contributed by atoms with E-state index in [9.17, 15) is 0 Å². The molecule has 1 fully saturated rings. The number of aromatic nitrogens is 2. The average Bonchev–Trinajstić information content (AvgIpc) is 3.39. The van der Waals surface area contributed by atoms with E-state index in [0.29, 0.717) is 0 Å². The fourth-order valence-corrected chi connectivity index (χ4v) is 4.49. The molecular weight excluding hydrogens is 368 g/mol. The van der Waals surface area contributed by atoms with Gasteiger partial charge in [-0.3, -0.25) is 4.98 Å². The number of hydrogen-bond acceptors (Lipinski definition) is 3. The van der Waals surface area contributed by atoms with Crippen molar-refractivity contribution in [2.75, 3.05) is 6.54 Å². The molecule has 4 rings (SSSR count). The Morgan fingerprint density at radius 1 is 1.21 bits per heavy atom. The minimum atomic E-state index is 0.0396. The second-order valence-electron chi connectivity index (χ2n) is 7.31. The first-order valence-electron chi connectivity index (χ1n) is 9.77. The van der Waals surface area contributed by atoms with Gasteiger partial charge >= 0.3 is 0 Å². The Hall–Kier alpha value is -2.60. The lowest BCUT2D eigenvalue weighted by atomic mass is 9.96. The third-order valence-electron chi connectivity index (χ3n) is 5.49.